The fourth-order valence-electron chi connectivity index (χ4n) is 4.48. The number of aryl methyl sites for hydroxylation is 2. The number of halogens is 1. The Bertz CT molecular complexity index is 718. The van der Waals surface area contributed by atoms with Crippen molar-refractivity contribution in [2.75, 3.05) is 0 Å². The normalized spacial score (nSPS) is 19.7. The van der Waals surface area contributed by atoms with E-state index in [-0.39, 0.29) is 0 Å². The molecule has 1 aromatic carbocycles. The molecule has 0 aliphatic heterocycles. The molecule has 3 rings (SSSR count). The smallest absolute Gasteiger partial charge is 0.224 e. The van der Waals surface area contributed by atoms with E-state index in [0.717, 1.165) is 43.1 Å². The number of unbranched alkanes of at least 4 members (excludes halogenated alkanes) is 1. The molecule has 0 radical (unpaired) electrons. The lowest BCUT2D eigenvalue weighted by molar-refractivity contribution is 0.252. The predicted molar refractivity (Wildman–Crippen MR) is 115 cm³/mol. The fraction of sp³-hybridized carbons (Fsp3) is 0.600. The van der Waals surface area contributed by atoms with Gasteiger partial charge in [0.1, 0.15) is 5.82 Å². The van der Waals surface area contributed by atoms with Crippen LogP contribution in [-0.4, -0.2) is 9.97 Å². The Labute approximate surface area is 170 Å². The number of hydrogen-bond acceptors (Lipinski definition) is 2. The van der Waals surface area contributed by atoms with Crippen molar-refractivity contribution < 1.29 is 4.39 Å². The van der Waals surface area contributed by atoms with Crippen LogP contribution < -0.4 is 0 Å². The average molecular weight is 383 g/mol. The number of nitrogens with zero attached hydrogens (tertiary/aromatic N) is 2. The van der Waals surface area contributed by atoms with E-state index < -0.39 is 5.95 Å². The highest BCUT2D eigenvalue weighted by Crippen LogP contribution is 2.34. The second-order valence-corrected chi connectivity index (χ2v) is 8.51. The molecule has 0 spiro atoms. The fourth-order valence-corrected chi connectivity index (χ4v) is 4.48. The molecule has 152 valence electrons. The third-order valence-electron chi connectivity index (χ3n) is 6.32. The van der Waals surface area contributed by atoms with Gasteiger partial charge in [0.05, 0.1) is 5.56 Å². The summed E-state index contributed by atoms with van der Waals surface area (Å²) in [6.45, 7) is 4.41. The van der Waals surface area contributed by atoms with E-state index in [0.29, 0.717) is 11.4 Å². The van der Waals surface area contributed by atoms with Gasteiger partial charge in [-0.1, -0.05) is 83.1 Å². The number of hydrogen-bond donors (Lipinski definition) is 0. The maximum absolute atomic E-state index is 14.4. The number of rotatable bonds is 9. The van der Waals surface area contributed by atoms with E-state index in [1.165, 1.54) is 50.5 Å². The van der Waals surface area contributed by atoms with Crippen LogP contribution in [0.2, 0.25) is 0 Å². The van der Waals surface area contributed by atoms with Crippen molar-refractivity contribution in [2.24, 2.45) is 11.8 Å². The first-order chi connectivity index (χ1) is 13.7. The summed E-state index contributed by atoms with van der Waals surface area (Å²) in [5, 5.41) is 0. The molecule has 0 atom stereocenters. The van der Waals surface area contributed by atoms with Gasteiger partial charge in [0.2, 0.25) is 5.95 Å². The lowest BCUT2D eigenvalue weighted by atomic mass is 9.78. The van der Waals surface area contributed by atoms with Gasteiger partial charge < -0.3 is 0 Å². The second kappa shape index (κ2) is 10.7. The van der Waals surface area contributed by atoms with Gasteiger partial charge in [0.25, 0.3) is 0 Å². The molecule has 2 aromatic rings. The van der Waals surface area contributed by atoms with Gasteiger partial charge in [-0.3, -0.25) is 0 Å². The van der Waals surface area contributed by atoms with Crippen LogP contribution in [0.25, 0.3) is 11.1 Å². The quantitative estimate of drug-likeness (QED) is 0.430. The van der Waals surface area contributed by atoms with Crippen LogP contribution in [0.4, 0.5) is 4.39 Å². The van der Waals surface area contributed by atoms with E-state index in [2.05, 4.69) is 35.9 Å². The number of aromatic nitrogens is 2. The molecule has 0 bridgehead atoms. The van der Waals surface area contributed by atoms with E-state index in [9.17, 15) is 4.39 Å². The van der Waals surface area contributed by atoms with E-state index in [1.807, 2.05) is 12.1 Å². The van der Waals surface area contributed by atoms with Gasteiger partial charge in [-0.05, 0) is 42.2 Å². The van der Waals surface area contributed by atoms with Gasteiger partial charge in [-0.15, -0.1) is 0 Å². The first-order valence-electron chi connectivity index (χ1n) is 11.3. The molecule has 28 heavy (non-hydrogen) atoms. The summed E-state index contributed by atoms with van der Waals surface area (Å²) in [7, 11) is 0. The summed E-state index contributed by atoms with van der Waals surface area (Å²) >= 11 is 0. The Morgan fingerprint density at radius 2 is 1.57 bits per heavy atom. The number of benzene rings is 1. The van der Waals surface area contributed by atoms with Crippen LogP contribution in [0.3, 0.4) is 0 Å². The van der Waals surface area contributed by atoms with Crippen molar-refractivity contribution in [3.05, 3.63) is 47.8 Å². The minimum atomic E-state index is -0.405. The molecule has 3 heteroatoms. The molecule has 1 aliphatic carbocycles. The average Bonchev–Trinajstić information content (AvgIpc) is 2.72. The third kappa shape index (κ3) is 5.86. The van der Waals surface area contributed by atoms with Gasteiger partial charge in [0.15, 0.2) is 0 Å². The highest BCUT2D eigenvalue weighted by molar-refractivity contribution is 5.62. The van der Waals surface area contributed by atoms with Gasteiger partial charge in [0, 0.05) is 12.6 Å². The Balaban J connectivity index is 1.52. The maximum Gasteiger partial charge on any atom is 0.224 e. The van der Waals surface area contributed by atoms with E-state index in [4.69, 9.17) is 0 Å². The summed E-state index contributed by atoms with van der Waals surface area (Å²) in [6.07, 6.45) is 15.2. The molecular formula is C25H35FN2. The predicted octanol–water partition coefficient (Wildman–Crippen LogP) is 7.16. The van der Waals surface area contributed by atoms with Crippen molar-refractivity contribution >= 4 is 0 Å². The van der Waals surface area contributed by atoms with Crippen LogP contribution in [0.1, 0.15) is 83.0 Å². The van der Waals surface area contributed by atoms with Crippen LogP contribution in [0, 0.1) is 17.8 Å². The largest absolute Gasteiger partial charge is 0.241 e. The van der Waals surface area contributed by atoms with Gasteiger partial charge >= 0.3 is 0 Å². The molecule has 0 amide bonds. The molecule has 2 nitrogen and oxygen atoms in total. The zero-order chi connectivity index (χ0) is 19.8. The van der Waals surface area contributed by atoms with Gasteiger partial charge in [-0.2, -0.15) is 4.39 Å². The monoisotopic (exact) mass is 382 g/mol. The van der Waals surface area contributed by atoms with Crippen LogP contribution >= 0.6 is 0 Å². The molecular weight excluding hydrogens is 347 g/mol. The maximum atomic E-state index is 14.4. The summed E-state index contributed by atoms with van der Waals surface area (Å²) in [4.78, 5) is 8.39. The zero-order valence-electron chi connectivity index (χ0n) is 17.6. The molecule has 0 saturated heterocycles. The Morgan fingerprint density at radius 3 is 2.18 bits per heavy atom. The Hall–Kier alpha value is -1.77. The van der Waals surface area contributed by atoms with Crippen molar-refractivity contribution in [3.63, 3.8) is 0 Å². The molecule has 1 aliphatic rings. The zero-order valence-corrected chi connectivity index (χ0v) is 17.6. The van der Waals surface area contributed by atoms with Crippen LogP contribution in [0.5, 0.6) is 0 Å². The second-order valence-electron chi connectivity index (χ2n) is 8.51. The van der Waals surface area contributed by atoms with Crippen LogP contribution in [0.15, 0.2) is 30.5 Å². The van der Waals surface area contributed by atoms with Crippen molar-refractivity contribution in [1.82, 2.24) is 9.97 Å². The first-order valence-corrected chi connectivity index (χ1v) is 11.3. The topological polar surface area (TPSA) is 25.8 Å². The lowest BCUT2D eigenvalue weighted by Gasteiger charge is -2.28. The summed E-state index contributed by atoms with van der Waals surface area (Å²) in [5.41, 5.74) is 2.71. The molecule has 1 heterocycles. The summed E-state index contributed by atoms with van der Waals surface area (Å²) in [5.74, 6) is 2.06. The molecule has 1 saturated carbocycles. The van der Waals surface area contributed by atoms with E-state index in [1.54, 1.807) is 6.20 Å². The SMILES string of the molecule is CCCCc1ncc(-c2ccc(CC[C@H]3CC[C@H](CCC)CC3)cc2)c(F)n1. The van der Waals surface area contributed by atoms with E-state index >= 15 is 0 Å². The van der Waals surface area contributed by atoms with Crippen molar-refractivity contribution in [3.8, 4) is 11.1 Å². The van der Waals surface area contributed by atoms with Crippen molar-refractivity contribution in [1.29, 1.82) is 0 Å². The minimum Gasteiger partial charge on any atom is -0.241 e. The van der Waals surface area contributed by atoms with Crippen molar-refractivity contribution in [2.45, 2.75) is 84.5 Å². The van der Waals surface area contributed by atoms with Crippen LogP contribution in [-0.2, 0) is 12.8 Å². The Kier molecular flexibility index (Phi) is 8.00. The Morgan fingerprint density at radius 1 is 0.893 bits per heavy atom. The molecule has 0 N–H and O–H groups in total. The van der Waals surface area contributed by atoms with Gasteiger partial charge in [-0.25, -0.2) is 9.97 Å². The highest BCUT2D eigenvalue weighted by Gasteiger charge is 2.20. The summed E-state index contributed by atoms with van der Waals surface area (Å²) < 4.78 is 14.4. The standard InChI is InChI=1S/C25H35FN2/c1-3-5-7-24-27-18-23(25(26)28-24)22-16-14-21(15-17-22)13-12-20-10-8-19(6-4-2)9-11-20/h14-20H,3-13H2,1-2H3/t19-,20-. The molecule has 1 fully saturated rings. The third-order valence-corrected chi connectivity index (χ3v) is 6.32. The highest BCUT2D eigenvalue weighted by atomic mass is 19.1. The molecule has 0 unspecified atom stereocenters. The lowest BCUT2D eigenvalue weighted by Crippen LogP contribution is -2.15. The molecule has 1 aromatic heterocycles. The first kappa shape index (κ1) is 21.0. The minimum absolute atomic E-state index is 0.405. The summed E-state index contributed by atoms with van der Waals surface area (Å²) in [6, 6.07) is 8.31.